The molecule has 0 aliphatic carbocycles. The minimum absolute atomic E-state index is 0.376. The van der Waals surface area contributed by atoms with Gasteiger partial charge in [-0.25, -0.2) is 30.7 Å². The summed E-state index contributed by atoms with van der Waals surface area (Å²) >= 11 is 5.86. The van der Waals surface area contributed by atoms with E-state index in [1.165, 1.54) is 61.8 Å². The van der Waals surface area contributed by atoms with Crippen LogP contribution in [0.5, 0.6) is 28.7 Å². The van der Waals surface area contributed by atoms with Crippen LogP contribution in [0.4, 0.5) is 14.4 Å². The number of nitrogens with one attached hydrogen (secondary N) is 6. The van der Waals surface area contributed by atoms with Gasteiger partial charge in [0.1, 0.15) is 48.4 Å². The molecule has 0 saturated carbocycles. The molecule has 26 nitrogen and oxygen atoms in total. The van der Waals surface area contributed by atoms with Crippen LogP contribution < -0.4 is 55.9 Å². The predicted molar refractivity (Wildman–Crippen MR) is 386 cm³/mol. The zero-order chi connectivity index (χ0) is 73.8. The van der Waals surface area contributed by atoms with Gasteiger partial charge in [-0.1, -0.05) is 206 Å². The summed E-state index contributed by atoms with van der Waals surface area (Å²) in [5.41, 5.74) is 7.93. The Morgan fingerprint density at radius 2 is 0.683 bits per heavy atom. The van der Waals surface area contributed by atoms with Crippen molar-refractivity contribution in [3.8, 4) is 28.7 Å². The number of amides is 12. The van der Waals surface area contributed by atoms with Crippen molar-refractivity contribution >= 4 is 83.8 Å². The molecule has 0 aromatic heterocycles. The summed E-state index contributed by atoms with van der Waals surface area (Å²) in [6.45, 7) is -1.22. The Labute approximate surface area is 602 Å². The standard InChI is InChI=1S/C27H26N4O6.C26H24N4O5.C24H19ClN4O3/c1-35-20-14-22(36-2)21(23(15-20)37-3)16-28-30-24(32)17-31-26(34)29-25(33)27(31,18-10-6-4-7-11-18)19-12-8-5-9-13-19;1-34-21-13-14-22(35-2)18(15-21)16-27-29-23(31)17-30-25(33)28-24(32)26(30,19-9-5-3-6-10-19)20-11-7-4-8-12-20;25-20-13-11-17(12-14-20)15-26-28-21(30)16-29-23(32)27-22(31)24(29,18-7-3-1-4-8-18)19-9-5-2-6-10-19/h4-16H,17H2,1-3H3,(H,30,32)(H,29,33,34);3-16H,17H2,1-2H3,(H,29,31)(H,28,32,33);1-15H,16H2,(H,28,30)(H,27,31,32)/b28-16+;27-16+;26-15+. The number of imide groups is 3. The monoisotopic (exact) mass is 1420 g/mol. The summed E-state index contributed by atoms with van der Waals surface area (Å²) in [5, 5.41) is 19.7. The first-order chi connectivity index (χ1) is 50.5. The topological polar surface area (TPSA) is 319 Å². The molecule has 3 saturated heterocycles. The van der Waals surface area contributed by atoms with Gasteiger partial charge in [0.05, 0.1) is 59.8 Å². The molecule has 3 heterocycles. The van der Waals surface area contributed by atoms with Crippen LogP contribution in [0.15, 0.2) is 252 Å². The first-order valence-electron chi connectivity index (χ1n) is 31.9. The second-order valence-corrected chi connectivity index (χ2v) is 23.3. The maximum Gasteiger partial charge on any atom is 0.326 e. The molecular weight excluding hydrogens is 1350 g/mol. The first kappa shape index (κ1) is 73.2. The van der Waals surface area contributed by atoms with Crippen molar-refractivity contribution in [3.63, 3.8) is 0 Å². The van der Waals surface area contributed by atoms with E-state index in [9.17, 15) is 43.2 Å². The molecule has 0 atom stereocenters. The number of hydrazone groups is 3. The van der Waals surface area contributed by atoms with Crippen molar-refractivity contribution < 1.29 is 66.8 Å². The molecule has 9 aromatic rings. The van der Waals surface area contributed by atoms with Crippen LogP contribution in [-0.2, 0) is 45.4 Å². The normalized spacial score (nSPS) is 14.7. The van der Waals surface area contributed by atoms with Crippen LogP contribution in [0, 0.1) is 0 Å². The molecule has 104 heavy (non-hydrogen) atoms. The second-order valence-electron chi connectivity index (χ2n) is 22.8. The van der Waals surface area contributed by atoms with Crippen molar-refractivity contribution in [1.82, 2.24) is 46.9 Å². The summed E-state index contributed by atoms with van der Waals surface area (Å²) in [6.07, 6.45) is 4.24. The molecule has 0 radical (unpaired) electrons. The van der Waals surface area contributed by atoms with E-state index < -0.39 is 83.2 Å². The van der Waals surface area contributed by atoms with Crippen LogP contribution in [-0.4, -0.2) is 142 Å². The van der Waals surface area contributed by atoms with E-state index in [2.05, 4.69) is 47.5 Å². The number of hydrogen-bond donors (Lipinski definition) is 6. The maximum absolute atomic E-state index is 13.3. The fourth-order valence-corrected chi connectivity index (χ4v) is 12.3. The molecule has 3 fully saturated rings. The molecule has 27 heteroatoms. The zero-order valence-corrected chi connectivity index (χ0v) is 57.4. The van der Waals surface area contributed by atoms with Gasteiger partial charge >= 0.3 is 18.1 Å². The minimum Gasteiger partial charge on any atom is -0.497 e. The molecule has 0 spiro atoms. The van der Waals surface area contributed by atoms with Gasteiger partial charge in [-0.2, -0.15) is 15.3 Å². The summed E-state index contributed by atoms with van der Waals surface area (Å²) in [5.74, 6) is -0.811. The Bertz CT molecular complexity index is 4550. The van der Waals surface area contributed by atoms with Crippen LogP contribution >= 0.6 is 11.6 Å². The van der Waals surface area contributed by atoms with Crippen molar-refractivity contribution in [2.24, 2.45) is 15.3 Å². The minimum atomic E-state index is -1.52. The van der Waals surface area contributed by atoms with E-state index in [1.54, 1.807) is 207 Å². The van der Waals surface area contributed by atoms with Gasteiger partial charge in [-0.15, -0.1) is 0 Å². The Hall–Kier alpha value is -13.5. The quantitative estimate of drug-likeness (QED) is 0.0198. The molecular formula is C77H69ClN12O14. The van der Waals surface area contributed by atoms with Gasteiger partial charge in [0.2, 0.25) is 0 Å². The van der Waals surface area contributed by atoms with Crippen molar-refractivity contribution in [2.45, 2.75) is 16.6 Å². The average Bonchev–Trinajstić information content (AvgIpc) is 1.56. The number of halogens is 1. The zero-order valence-electron chi connectivity index (χ0n) is 56.6. The van der Waals surface area contributed by atoms with Crippen LogP contribution in [0.1, 0.15) is 50.1 Å². The average molecular weight is 1420 g/mol. The third kappa shape index (κ3) is 15.4. The number of benzene rings is 9. The van der Waals surface area contributed by atoms with E-state index in [4.69, 9.17) is 35.3 Å². The highest BCUT2D eigenvalue weighted by molar-refractivity contribution is 6.30. The number of nitrogens with zero attached hydrogens (tertiary/aromatic N) is 6. The number of ether oxygens (including phenoxy) is 5. The number of urea groups is 3. The van der Waals surface area contributed by atoms with Gasteiger partial charge in [-0.3, -0.25) is 59.4 Å². The number of rotatable bonds is 23. The summed E-state index contributed by atoms with van der Waals surface area (Å²) in [6, 6.07) is 66.6. The first-order valence-corrected chi connectivity index (χ1v) is 32.3. The van der Waals surface area contributed by atoms with Crippen molar-refractivity contribution in [3.05, 3.63) is 292 Å². The van der Waals surface area contributed by atoms with E-state index in [-0.39, 0.29) is 6.54 Å². The predicted octanol–water partition coefficient (Wildman–Crippen LogP) is 8.59. The molecule has 3 aliphatic heterocycles. The smallest absolute Gasteiger partial charge is 0.326 e. The van der Waals surface area contributed by atoms with Crippen molar-refractivity contribution in [2.75, 3.05) is 55.2 Å². The third-order valence-corrected chi connectivity index (χ3v) is 17.1. The van der Waals surface area contributed by atoms with Crippen LogP contribution in [0.3, 0.4) is 0 Å². The second kappa shape index (κ2) is 33.6. The number of methoxy groups -OCH3 is 5. The van der Waals surface area contributed by atoms with Crippen LogP contribution in [0.2, 0.25) is 5.02 Å². The molecule has 12 amide bonds. The summed E-state index contributed by atoms with van der Waals surface area (Å²) in [7, 11) is 7.55. The largest absolute Gasteiger partial charge is 0.497 e. The van der Waals surface area contributed by atoms with Gasteiger partial charge in [0.15, 0.2) is 16.6 Å². The molecule has 9 aromatic carbocycles. The van der Waals surface area contributed by atoms with Gasteiger partial charge in [-0.05, 0) is 69.3 Å². The molecule has 12 rings (SSSR count). The van der Waals surface area contributed by atoms with Crippen molar-refractivity contribution in [1.29, 1.82) is 0 Å². The molecule has 3 aliphatic rings. The van der Waals surface area contributed by atoms with Gasteiger partial charge in [0, 0.05) is 22.7 Å². The van der Waals surface area contributed by atoms with E-state index in [0.717, 1.165) is 5.56 Å². The van der Waals surface area contributed by atoms with E-state index in [1.807, 2.05) is 36.4 Å². The highest BCUT2D eigenvalue weighted by atomic mass is 35.5. The third-order valence-electron chi connectivity index (χ3n) is 16.9. The number of carbonyl (C=O) groups excluding carboxylic acids is 9. The molecule has 0 unspecified atom stereocenters. The number of hydrogen-bond acceptors (Lipinski definition) is 17. The Morgan fingerprint density at radius 3 is 0.990 bits per heavy atom. The Kier molecular flexibility index (Phi) is 23.6. The van der Waals surface area contributed by atoms with E-state index in [0.29, 0.717) is 78.3 Å². The lowest BCUT2D eigenvalue weighted by Gasteiger charge is -2.35. The molecule has 0 bridgehead atoms. The molecule has 528 valence electrons. The number of carbonyl (C=O) groups is 9. The van der Waals surface area contributed by atoms with Gasteiger partial charge < -0.3 is 23.7 Å². The highest BCUT2D eigenvalue weighted by Gasteiger charge is 2.58. The van der Waals surface area contributed by atoms with Crippen LogP contribution in [0.25, 0.3) is 0 Å². The van der Waals surface area contributed by atoms with E-state index >= 15 is 0 Å². The Balaban J connectivity index is 0.000000168. The summed E-state index contributed by atoms with van der Waals surface area (Å²) < 4.78 is 26.5. The maximum atomic E-state index is 13.3. The lowest BCUT2D eigenvalue weighted by molar-refractivity contribution is -0.128. The lowest BCUT2D eigenvalue weighted by Crippen LogP contribution is -2.51. The lowest BCUT2D eigenvalue weighted by atomic mass is 9.81. The highest BCUT2D eigenvalue weighted by Crippen LogP contribution is 2.43. The summed E-state index contributed by atoms with van der Waals surface area (Å²) in [4.78, 5) is 120. The Morgan fingerprint density at radius 1 is 0.375 bits per heavy atom. The van der Waals surface area contributed by atoms with Gasteiger partial charge in [0.25, 0.3) is 35.4 Å². The molecule has 6 N–H and O–H groups in total. The SMILES string of the molecule is COc1cc(OC)c(/C=N/NC(=O)CN2C(=O)NC(=O)C2(c2ccccc2)c2ccccc2)c(OC)c1.COc1ccc(OC)c(/C=N/NC(=O)CN2C(=O)NC(=O)C2(c2ccccc2)c2ccccc2)c1.O=C(CN1C(=O)NC(=O)C1(c1ccccc1)c1ccccc1)N/N=C/c1ccc(Cl)cc1. The fraction of sp³-hybridized carbons (Fsp3) is 0.143. The fourth-order valence-electron chi connectivity index (χ4n) is 12.2.